The number of hydrogen-bond acceptors (Lipinski definition) is 5. The zero-order valence-electron chi connectivity index (χ0n) is 12.1. The van der Waals surface area contributed by atoms with Gasteiger partial charge in [-0.3, -0.25) is 14.6 Å². The van der Waals surface area contributed by atoms with E-state index in [-0.39, 0.29) is 0 Å². The van der Waals surface area contributed by atoms with Crippen LogP contribution in [-0.2, 0) is 11.3 Å². The summed E-state index contributed by atoms with van der Waals surface area (Å²) in [6.07, 6.45) is 4.56. The number of nitrogens with zero attached hydrogens (tertiary/aromatic N) is 2. The third-order valence-corrected chi connectivity index (χ3v) is 3.66. The predicted octanol–water partition coefficient (Wildman–Crippen LogP) is 2.44. The SMILES string of the molecule is CON=C1CCc2cc(C(=O)C(=O)c3ccncc3)ccc21. The van der Waals surface area contributed by atoms with Crippen LogP contribution in [0.4, 0.5) is 0 Å². The molecule has 1 aliphatic carbocycles. The number of carbonyl (C=O) groups excluding carboxylic acids is 2. The van der Waals surface area contributed by atoms with Gasteiger partial charge in [-0.05, 0) is 36.6 Å². The van der Waals surface area contributed by atoms with Crippen LogP contribution in [0.5, 0.6) is 0 Å². The summed E-state index contributed by atoms with van der Waals surface area (Å²) >= 11 is 0. The van der Waals surface area contributed by atoms with Crippen molar-refractivity contribution in [2.45, 2.75) is 12.8 Å². The molecule has 0 radical (unpaired) electrons. The number of carbonyl (C=O) groups is 2. The van der Waals surface area contributed by atoms with Gasteiger partial charge >= 0.3 is 0 Å². The molecule has 0 aliphatic heterocycles. The highest BCUT2D eigenvalue weighted by atomic mass is 16.6. The Labute approximate surface area is 127 Å². The van der Waals surface area contributed by atoms with E-state index in [1.54, 1.807) is 12.1 Å². The zero-order chi connectivity index (χ0) is 15.5. The molecule has 1 heterocycles. The quantitative estimate of drug-likeness (QED) is 0.493. The van der Waals surface area contributed by atoms with Gasteiger partial charge in [-0.2, -0.15) is 0 Å². The van der Waals surface area contributed by atoms with Crippen molar-refractivity contribution < 1.29 is 14.4 Å². The highest BCUT2D eigenvalue weighted by molar-refractivity contribution is 6.49. The van der Waals surface area contributed by atoms with Crippen molar-refractivity contribution in [2.24, 2.45) is 5.16 Å². The molecule has 1 aliphatic rings. The molecule has 0 saturated carbocycles. The van der Waals surface area contributed by atoms with Crippen LogP contribution >= 0.6 is 0 Å². The molecule has 0 fully saturated rings. The number of ketones is 2. The largest absolute Gasteiger partial charge is 0.399 e. The molecular formula is C17H14N2O3. The molecule has 0 spiro atoms. The van der Waals surface area contributed by atoms with E-state index in [0.717, 1.165) is 29.7 Å². The summed E-state index contributed by atoms with van der Waals surface area (Å²) < 4.78 is 0. The first-order valence-electron chi connectivity index (χ1n) is 6.93. The van der Waals surface area contributed by atoms with Crippen molar-refractivity contribution in [3.05, 3.63) is 65.0 Å². The molecule has 0 unspecified atom stereocenters. The van der Waals surface area contributed by atoms with Gasteiger partial charge < -0.3 is 4.84 Å². The molecule has 0 atom stereocenters. The third kappa shape index (κ3) is 2.53. The van der Waals surface area contributed by atoms with Gasteiger partial charge in [0.1, 0.15) is 7.11 Å². The van der Waals surface area contributed by atoms with E-state index in [2.05, 4.69) is 10.1 Å². The fourth-order valence-corrected chi connectivity index (χ4v) is 2.58. The molecule has 0 bridgehead atoms. The van der Waals surface area contributed by atoms with Crippen molar-refractivity contribution in [2.75, 3.05) is 7.11 Å². The number of pyridine rings is 1. The first-order chi connectivity index (χ1) is 10.7. The first-order valence-corrected chi connectivity index (χ1v) is 6.93. The fraction of sp³-hybridized carbons (Fsp3) is 0.176. The van der Waals surface area contributed by atoms with E-state index < -0.39 is 11.6 Å². The topological polar surface area (TPSA) is 68.6 Å². The van der Waals surface area contributed by atoms with E-state index >= 15 is 0 Å². The van der Waals surface area contributed by atoms with Gasteiger partial charge in [0.2, 0.25) is 11.6 Å². The fourth-order valence-electron chi connectivity index (χ4n) is 2.58. The van der Waals surface area contributed by atoms with E-state index in [0.29, 0.717) is 11.1 Å². The highest BCUT2D eigenvalue weighted by Crippen LogP contribution is 2.24. The van der Waals surface area contributed by atoms with Gasteiger partial charge in [-0.15, -0.1) is 0 Å². The summed E-state index contributed by atoms with van der Waals surface area (Å²) in [5.41, 5.74) is 3.62. The summed E-state index contributed by atoms with van der Waals surface area (Å²) in [6, 6.07) is 8.34. The van der Waals surface area contributed by atoms with Crippen LogP contribution in [-0.4, -0.2) is 29.4 Å². The Morgan fingerprint density at radius 2 is 1.77 bits per heavy atom. The maximum absolute atomic E-state index is 12.3. The molecule has 0 saturated heterocycles. The Balaban J connectivity index is 1.89. The molecule has 0 N–H and O–H groups in total. The average Bonchev–Trinajstić information content (AvgIpc) is 2.97. The van der Waals surface area contributed by atoms with Crippen LogP contribution in [0, 0.1) is 0 Å². The zero-order valence-corrected chi connectivity index (χ0v) is 12.1. The van der Waals surface area contributed by atoms with Crippen molar-refractivity contribution >= 4 is 17.3 Å². The number of aryl methyl sites for hydroxylation is 1. The first kappa shape index (κ1) is 14.1. The molecule has 3 rings (SSSR count). The number of aromatic nitrogens is 1. The van der Waals surface area contributed by atoms with Crippen molar-refractivity contribution in [3.8, 4) is 0 Å². The molecule has 5 nitrogen and oxygen atoms in total. The Morgan fingerprint density at radius 3 is 2.50 bits per heavy atom. The lowest BCUT2D eigenvalue weighted by Gasteiger charge is -2.04. The number of Topliss-reactive ketones (excluding diaryl/α,β-unsaturated/α-hetero) is 2. The minimum absolute atomic E-state index is 0.349. The van der Waals surface area contributed by atoms with E-state index in [4.69, 9.17) is 4.84 Å². The standard InChI is InChI=1S/C17H14N2O3/c1-22-19-15-5-3-12-10-13(2-4-14(12)15)17(21)16(20)11-6-8-18-9-7-11/h2,4,6-10H,3,5H2,1H3. The normalized spacial score (nSPS) is 14.7. The number of oxime groups is 1. The van der Waals surface area contributed by atoms with Crippen LogP contribution < -0.4 is 0 Å². The Kier molecular flexibility index (Phi) is 3.78. The second-order valence-electron chi connectivity index (χ2n) is 4.99. The Bertz CT molecular complexity index is 767. The van der Waals surface area contributed by atoms with Gasteiger partial charge in [0, 0.05) is 29.1 Å². The van der Waals surface area contributed by atoms with E-state index in [1.165, 1.54) is 31.6 Å². The van der Waals surface area contributed by atoms with Crippen molar-refractivity contribution in [3.63, 3.8) is 0 Å². The minimum Gasteiger partial charge on any atom is -0.399 e. The summed E-state index contributed by atoms with van der Waals surface area (Å²) in [6.45, 7) is 0. The number of fused-ring (bicyclic) bond motifs is 1. The molecule has 110 valence electrons. The van der Waals surface area contributed by atoms with E-state index in [9.17, 15) is 9.59 Å². The van der Waals surface area contributed by atoms with Crippen LogP contribution in [0.1, 0.15) is 38.3 Å². The molecule has 1 aromatic carbocycles. The monoisotopic (exact) mass is 294 g/mol. The lowest BCUT2D eigenvalue weighted by molar-refractivity contribution is 0.0817. The maximum atomic E-state index is 12.3. The van der Waals surface area contributed by atoms with Crippen molar-refractivity contribution in [1.29, 1.82) is 0 Å². The van der Waals surface area contributed by atoms with Gasteiger partial charge in [0.15, 0.2) is 0 Å². The third-order valence-electron chi connectivity index (χ3n) is 3.66. The lowest BCUT2D eigenvalue weighted by Crippen LogP contribution is -2.15. The summed E-state index contributed by atoms with van der Waals surface area (Å²) in [5.74, 6) is -1.03. The van der Waals surface area contributed by atoms with Crippen LogP contribution in [0.15, 0.2) is 47.9 Å². The van der Waals surface area contributed by atoms with Gasteiger partial charge in [-0.25, -0.2) is 0 Å². The van der Waals surface area contributed by atoms with Crippen LogP contribution in [0.2, 0.25) is 0 Å². The summed E-state index contributed by atoms with van der Waals surface area (Å²) in [7, 11) is 1.51. The van der Waals surface area contributed by atoms with E-state index in [1.807, 2.05) is 6.07 Å². The lowest BCUT2D eigenvalue weighted by atomic mass is 9.99. The summed E-state index contributed by atoms with van der Waals surface area (Å²) in [4.78, 5) is 33.2. The van der Waals surface area contributed by atoms with Gasteiger partial charge in [0.25, 0.3) is 0 Å². The van der Waals surface area contributed by atoms with Gasteiger partial charge in [0.05, 0.1) is 5.71 Å². The number of rotatable bonds is 4. The highest BCUT2D eigenvalue weighted by Gasteiger charge is 2.23. The second-order valence-corrected chi connectivity index (χ2v) is 4.99. The minimum atomic E-state index is -0.522. The Morgan fingerprint density at radius 1 is 1.05 bits per heavy atom. The molecule has 1 aromatic heterocycles. The van der Waals surface area contributed by atoms with Crippen molar-refractivity contribution in [1.82, 2.24) is 4.98 Å². The smallest absolute Gasteiger partial charge is 0.233 e. The number of hydrogen-bond donors (Lipinski definition) is 0. The second kappa shape index (κ2) is 5.89. The molecule has 2 aromatic rings. The molecule has 0 amide bonds. The summed E-state index contributed by atoms with van der Waals surface area (Å²) in [5, 5.41) is 3.98. The molecular weight excluding hydrogens is 280 g/mol. The maximum Gasteiger partial charge on any atom is 0.233 e. The predicted molar refractivity (Wildman–Crippen MR) is 81.2 cm³/mol. The number of benzene rings is 1. The molecule has 5 heteroatoms. The van der Waals surface area contributed by atoms with Gasteiger partial charge in [-0.1, -0.05) is 17.3 Å². The molecule has 22 heavy (non-hydrogen) atoms. The van der Waals surface area contributed by atoms with Crippen LogP contribution in [0.3, 0.4) is 0 Å². The average molecular weight is 294 g/mol. The van der Waals surface area contributed by atoms with Crippen LogP contribution in [0.25, 0.3) is 0 Å². The Hall–Kier alpha value is -2.82.